The summed E-state index contributed by atoms with van der Waals surface area (Å²) < 4.78 is 5.74. The van der Waals surface area contributed by atoms with Gasteiger partial charge in [0.15, 0.2) is 0 Å². The number of nitrogens with one attached hydrogen (secondary N) is 1. The van der Waals surface area contributed by atoms with Crippen LogP contribution in [0.3, 0.4) is 0 Å². The molecule has 0 bridgehead atoms. The van der Waals surface area contributed by atoms with Gasteiger partial charge in [-0.2, -0.15) is 0 Å². The normalized spacial score (nSPS) is 26.9. The zero-order valence-corrected chi connectivity index (χ0v) is 11.8. The van der Waals surface area contributed by atoms with E-state index >= 15 is 0 Å². The molecule has 0 aromatic rings. The average molecular weight is 270 g/mol. The van der Waals surface area contributed by atoms with Crippen molar-refractivity contribution >= 4 is 5.97 Å². The highest BCUT2D eigenvalue weighted by atomic mass is 16.5. The van der Waals surface area contributed by atoms with Crippen molar-refractivity contribution in [2.75, 3.05) is 26.2 Å². The second kappa shape index (κ2) is 7.22. The van der Waals surface area contributed by atoms with Gasteiger partial charge in [0.2, 0.25) is 0 Å². The molecule has 2 unspecified atom stereocenters. The highest BCUT2D eigenvalue weighted by molar-refractivity contribution is 5.73. The summed E-state index contributed by atoms with van der Waals surface area (Å²) >= 11 is 0. The van der Waals surface area contributed by atoms with Gasteiger partial charge in [0, 0.05) is 32.3 Å². The van der Waals surface area contributed by atoms with Gasteiger partial charge < -0.3 is 20.1 Å². The molecule has 2 atom stereocenters. The van der Waals surface area contributed by atoms with Gasteiger partial charge in [0.05, 0.1) is 6.10 Å². The summed E-state index contributed by atoms with van der Waals surface area (Å²) in [6, 6.07) is 0.0497. The number of carboxylic acid groups (broad SMARTS) is 1. The van der Waals surface area contributed by atoms with Crippen LogP contribution in [0.4, 0.5) is 0 Å². The van der Waals surface area contributed by atoms with Crippen molar-refractivity contribution in [1.82, 2.24) is 10.2 Å². The Morgan fingerprint density at radius 2 is 2.32 bits per heavy atom. The Kier molecular flexibility index (Phi) is 5.60. The molecule has 2 aliphatic rings. The van der Waals surface area contributed by atoms with Gasteiger partial charge in [-0.3, -0.25) is 4.79 Å². The Hall–Kier alpha value is -0.650. The van der Waals surface area contributed by atoms with Gasteiger partial charge in [-0.25, -0.2) is 0 Å². The molecule has 1 aliphatic heterocycles. The lowest BCUT2D eigenvalue weighted by Gasteiger charge is -2.24. The Balaban J connectivity index is 1.76. The Labute approximate surface area is 115 Å². The number of aliphatic carboxylic acids is 1. The van der Waals surface area contributed by atoms with E-state index < -0.39 is 12.0 Å². The zero-order chi connectivity index (χ0) is 13.7. The van der Waals surface area contributed by atoms with E-state index in [0.29, 0.717) is 18.6 Å². The van der Waals surface area contributed by atoms with Crippen molar-refractivity contribution in [3.63, 3.8) is 0 Å². The highest BCUT2D eigenvalue weighted by Gasteiger charge is 2.28. The molecule has 0 aromatic heterocycles. The van der Waals surface area contributed by atoms with E-state index in [9.17, 15) is 9.90 Å². The van der Waals surface area contributed by atoms with Crippen molar-refractivity contribution in [2.24, 2.45) is 0 Å². The highest BCUT2D eigenvalue weighted by Crippen LogP contribution is 2.20. The van der Waals surface area contributed by atoms with Crippen LogP contribution in [0, 0.1) is 0 Å². The van der Waals surface area contributed by atoms with Crippen LogP contribution in [0.5, 0.6) is 0 Å². The zero-order valence-electron chi connectivity index (χ0n) is 11.8. The minimum Gasteiger partial charge on any atom is -0.480 e. The van der Waals surface area contributed by atoms with E-state index in [2.05, 4.69) is 17.1 Å². The van der Waals surface area contributed by atoms with Crippen LogP contribution in [0.15, 0.2) is 0 Å². The van der Waals surface area contributed by atoms with Gasteiger partial charge in [-0.05, 0) is 32.1 Å². The van der Waals surface area contributed by atoms with Crippen molar-refractivity contribution in [3.8, 4) is 0 Å². The first-order valence-electron chi connectivity index (χ1n) is 7.52. The van der Waals surface area contributed by atoms with Gasteiger partial charge in [-0.1, -0.05) is 6.92 Å². The summed E-state index contributed by atoms with van der Waals surface area (Å²) in [5.74, 6) is -0.718. The number of nitrogens with zero attached hydrogens (tertiary/aromatic N) is 1. The maximum atomic E-state index is 11.2. The van der Waals surface area contributed by atoms with Crippen LogP contribution in [0.1, 0.15) is 39.0 Å². The molecule has 19 heavy (non-hydrogen) atoms. The molecule has 1 saturated heterocycles. The Morgan fingerprint density at radius 3 is 2.95 bits per heavy atom. The Bertz CT molecular complexity index is 294. The van der Waals surface area contributed by atoms with Crippen LogP contribution < -0.4 is 5.32 Å². The summed E-state index contributed by atoms with van der Waals surface area (Å²) in [7, 11) is 0. The van der Waals surface area contributed by atoms with E-state index in [1.165, 1.54) is 0 Å². The summed E-state index contributed by atoms with van der Waals surface area (Å²) in [5, 5.41) is 12.4. The third-order valence-corrected chi connectivity index (χ3v) is 3.94. The summed E-state index contributed by atoms with van der Waals surface area (Å²) in [4.78, 5) is 13.6. The van der Waals surface area contributed by atoms with Gasteiger partial charge in [-0.15, -0.1) is 0 Å². The second-order valence-electron chi connectivity index (χ2n) is 5.68. The predicted molar refractivity (Wildman–Crippen MR) is 73.3 cm³/mol. The fourth-order valence-electron chi connectivity index (χ4n) is 2.54. The summed E-state index contributed by atoms with van der Waals surface area (Å²) in [6.07, 6.45) is 5.31. The monoisotopic (exact) mass is 270 g/mol. The molecule has 5 nitrogen and oxygen atoms in total. The number of carboxylic acids is 1. The molecule has 0 aromatic carbocycles. The molecule has 5 heteroatoms. The lowest BCUT2D eigenvalue weighted by atomic mass is 10.1. The lowest BCUT2D eigenvalue weighted by Crippen LogP contribution is -2.42. The van der Waals surface area contributed by atoms with Crippen LogP contribution in [-0.4, -0.2) is 60.4 Å². The van der Waals surface area contributed by atoms with Crippen molar-refractivity contribution in [1.29, 1.82) is 0 Å². The van der Waals surface area contributed by atoms with Crippen LogP contribution in [-0.2, 0) is 9.53 Å². The van der Waals surface area contributed by atoms with Gasteiger partial charge in [0.25, 0.3) is 0 Å². The third-order valence-electron chi connectivity index (χ3n) is 3.94. The minimum atomic E-state index is -0.718. The molecule has 110 valence electrons. The molecule has 1 heterocycles. The van der Waals surface area contributed by atoms with Crippen molar-refractivity contribution in [3.05, 3.63) is 0 Å². The maximum absolute atomic E-state index is 11.2. The molecule has 2 rings (SSSR count). The quantitative estimate of drug-likeness (QED) is 0.725. The largest absolute Gasteiger partial charge is 0.480 e. The fraction of sp³-hybridized carbons (Fsp3) is 0.929. The molecule has 0 amide bonds. The van der Waals surface area contributed by atoms with Crippen molar-refractivity contribution < 1.29 is 14.6 Å². The minimum absolute atomic E-state index is 0.308. The topological polar surface area (TPSA) is 61.8 Å². The Morgan fingerprint density at radius 1 is 1.53 bits per heavy atom. The van der Waals surface area contributed by atoms with E-state index in [0.717, 1.165) is 51.9 Å². The molecule has 1 aliphatic carbocycles. The first-order chi connectivity index (χ1) is 9.19. The predicted octanol–water partition coefficient (Wildman–Crippen LogP) is 1.08. The first-order valence-corrected chi connectivity index (χ1v) is 7.52. The lowest BCUT2D eigenvalue weighted by molar-refractivity contribution is -0.139. The van der Waals surface area contributed by atoms with Crippen molar-refractivity contribution in [2.45, 2.75) is 57.2 Å². The number of rotatable bonds is 7. The van der Waals surface area contributed by atoms with Gasteiger partial charge >= 0.3 is 5.97 Å². The van der Waals surface area contributed by atoms with Crippen LogP contribution >= 0.6 is 0 Å². The smallest absolute Gasteiger partial charge is 0.320 e. The number of hydrogen-bond donors (Lipinski definition) is 2. The SMILES string of the molecule is CCC1CN(CCC(NC2CC2)C(=O)O)CCCO1. The molecular weight excluding hydrogens is 244 g/mol. The summed E-state index contributed by atoms with van der Waals surface area (Å²) in [6.45, 7) is 5.77. The fourth-order valence-corrected chi connectivity index (χ4v) is 2.54. The molecule has 0 radical (unpaired) electrons. The van der Waals surface area contributed by atoms with Crippen LogP contribution in [0.25, 0.3) is 0 Å². The summed E-state index contributed by atoms with van der Waals surface area (Å²) in [5.41, 5.74) is 0. The average Bonchev–Trinajstić information content (AvgIpc) is 3.21. The molecular formula is C14H26N2O3. The molecule has 1 saturated carbocycles. The van der Waals surface area contributed by atoms with Gasteiger partial charge in [0.1, 0.15) is 6.04 Å². The number of carbonyl (C=O) groups is 1. The third kappa shape index (κ3) is 5.09. The molecule has 2 N–H and O–H groups in total. The van der Waals surface area contributed by atoms with E-state index in [4.69, 9.17) is 4.74 Å². The van der Waals surface area contributed by atoms with E-state index in [1.807, 2.05) is 0 Å². The standard InChI is InChI=1S/C14H26N2O3/c1-2-12-10-16(7-3-9-19-12)8-6-13(14(17)18)15-11-4-5-11/h11-13,15H,2-10H2,1H3,(H,17,18). The number of ether oxygens (including phenoxy) is 1. The maximum Gasteiger partial charge on any atom is 0.320 e. The number of hydrogen-bond acceptors (Lipinski definition) is 4. The molecule has 2 fully saturated rings. The van der Waals surface area contributed by atoms with E-state index in [1.54, 1.807) is 0 Å². The molecule has 0 spiro atoms. The van der Waals surface area contributed by atoms with Crippen LogP contribution in [0.2, 0.25) is 0 Å². The van der Waals surface area contributed by atoms with E-state index in [-0.39, 0.29) is 0 Å². The first kappa shape index (κ1) is 14.8. The second-order valence-corrected chi connectivity index (χ2v) is 5.68.